The van der Waals surface area contributed by atoms with Gasteiger partial charge in [-0.2, -0.15) is 0 Å². The van der Waals surface area contributed by atoms with E-state index in [9.17, 15) is 14.7 Å². The van der Waals surface area contributed by atoms with Gasteiger partial charge in [-0.3, -0.25) is 0 Å². The van der Waals surface area contributed by atoms with Crippen LogP contribution in [0.5, 0.6) is 0 Å². The zero-order chi connectivity index (χ0) is 14.2. The zero-order valence-electron chi connectivity index (χ0n) is 11.6. The molecule has 2 amide bonds. The lowest BCUT2D eigenvalue weighted by atomic mass is 9.98. The standard InChI is InChI=1S/C14H22N2O4/c17-12(18)14(6-1-2-7-14)15-13(19)16-8-9-20-11-5-3-4-10(11)16/h10-11H,1-9H2,(H,15,19)(H,17,18). The van der Waals surface area contributed by atoms with E-state index >= 15 is 0 Å². The Balaban J connectivity index is 1.70. The monoisotopic (exact) mass is 282 g/mol. The van der Waals surface area contributed by atoms with Gasteiger partial charge in [0.25, 0.3) is 0 Å². The van der Waals surface area contributed by atoms with Gasteiger partial charge in [-0.25, -0.2) is 9.59 Å². The topological polar surface area (TPSA) is 78.9 Å². The summed E-state index contributed by atoms with van der Waals surface area (Å²) in [5.74, 6) is -0.903. The second-order valence-corrected chi connectivity index (χ2v) is 6.13. The molecule has 2 saturated carbocycles. The highest BCUT2D eigenvalue weighted by Crippen LogP contribution is 2.32. The summed E-state index contributed by atoms with van der Waals surface area (Å²) in [4.78, 5) is 25.8. The van der Waals surface area contributed by atoms with E-state index in [1.807, 2.05) is 0 Å². The van der Waals surface area contributed by atoms with Crippen LogP contribution >= 0.6 is 0 Å². The number of aliphatic carboxylic acids is 1. The maximum Gasteiger partial charge on any atom is 0.329 e. The summed E-state index contributed by atoms with van der Waals surface area (Å²) in [6, 6.07) is -0.106. The third-order valence-electron chi connectivity index (χ3n) is 4.96. The van der Waals surface area contributed by atoms with E-state index in [0.29, 0.717) is 26.0 Å². The molecule has 3 fully saturated rings. The van der Waals surface area contributed by atoms with E-state index in [0.717, 1.165) is 32.1 Å². The molecule has 1 aliphatic heterocycles. The minimum absolute atomic E-state index is 0.121. The van der Waals surface area contributed by atoms with Crippen LogP contribution in [-0.4, -0.2) is 52.8 Å². The highest BCUT2D eigenvalue weighted by molar-refractivity contribution is 5.86. The molecule has 2 N–H and O–H groups in total. The molecule has 0 aromatic heterocycles. The Hall–Kier alpha value is -1.30. The molecule has 3 aliphatic rings. The Bertz CT molecular complexity index is 406. The molecule has 6 nitrogen and oxygen atoms in total. The first-order chi connectivity index (χ1) is 9.62. The molecular weight excluding hydrogens is 260 g/mol. The molecule has 1 heterocycles. The van der Waals surface area contributed by atoms with Gasteiger partial charge >= 0.3 is 12.0 Å². The van der Waals surface area contributed by atoms with Gasteiger partial charge in [0, 0.05) is 6.54 Å². The van der Waals surface area contributed by atoms with Crippen molar-refractivity contribution in [1.29, 1.82) is 0 Å². The highest BCUT2D eigenvalue weighted by Gasteiger charge is 2.45. The average Bonchev–Trinajstić information content (AvgIpc) is 3.06. The minimum Gasteiger partial charge on any atom is -0.480 e. The third kappa shape index (κ3) is 2.26. The van der Waals surface area contributed by atoms with Gasteiger partial charge in [0.2, 0.25) is 0 Å². The van der Waals surface area contributed by atoms with E-state index in [1.54, 1.807) is 4.90 Å². The van der Waals surface area contributed by atoms with Crippen LogP contribution in [0.1, 0.15) is 44.9 Å². The molecule has 2 aliphatic carbocycles. The average molecular weight is 282 g/mol. The number of carbonyl (C=O) groups excluding carboxylic acids is 1. The molecule has 3 rings (SSSR count). The highest BCUT2D eigenvalue weighted by atomic mass is 16.5. The van der Waals surface area contributed by atoms with Gasteiger partial charge in [0.1, 0.15) is 5.54 Å². The zero-order valence-corrected chi connectivity index (χ0v) is 11.6. The number of amides is 2. The maximum atomic E-state index is 12.5. The number of carbonyl (C=O) groups is 2. The summed E-state index contributed by atoms with van der Waals surface area (Å²) in [7, 11) is 0. The summed E-state index contributed by atoms with van der Waals surface area (Å²) in [6.45, 7) is 1.11. The van der Waals surface area contributed by atoms with Crippen LogP contribution in [0.3, 0.4) is 0 Å². The molecule has 0 aromatic rings. The lowest BCUT2D eigenvalue weighted by Crippen LogP contribution is -2.61. The fourth-order valence-electron chi connectivity index (χ4n) is 3.83. The lowest BCUT2D eigenvalue weighted by Gasteiger charge is -2.39. The van der Waals surface area contributed by atoms with Crippen molar-refractivity contribution in [3.8, 4) is 0 Å². The quantitative estimate of drug-likeness (QED) is 0.801. The van der Waals surface area contributed by atoms with Crippen molar-refractivity contribution >= 4 is 12.0 Å². The molecule has 112 valence electrons. The van der Waals surface area contributed by atoms with Crippen molar-refractivity contribution in [3.63, 3.8) is 0 Å². The van der Waals surface area contributed by atoms with Gasteiger partial charge in [-0.05, 0) is 32.1 Å². The molecular formula is C14H22N2O4. The van der Waals surface area contributed by atoms with Gasteiger partial charge in [0.05, 0.1) is 18.8 Å². The Morgan fingerprint density at radius 3 is 2.65 bits per heavy atom. The molecule has 1 saturated heterocycles. The predicted octanol–water partition coefficient (Wildman–Crippen LogP) is 1.35. The van der Waals surface area contributed by atoms with Crippen LogP contribution in [0, 0.1) is 0 Å². The number of rotatable bonds is 2. The first-order valence-corrected chi connectivity index (χ1v) is 7.56. The number of morpholine rings is 1. The number of ether oxygens (including phenoxy) is 1. The molecule has 6 heteroatoms. The number of hydrogen-bond donors (Lipinski definition) is 2. The van der Waals surface area contributed by atoms with Crippen LogP contribution < -0.4 is 5.32 Å². The largest absolute Gasteiger partial charge is 0.480 e. The number of fused-ring (bicyclic) bond motifs is 1. The van der Waals surface area contributed by atoms with Crippen molar-refractivity contribution in [2.24, 2.45) is 0 Å². The summed E-state index contributed by atoms with van der Waals surface area (Å²) >= 11 is 0. The number of nitrogens with one attached hydrogen (secondary N) is 1. The predicted molar refractivity (Wildman–Crippen MR) is 71.5 cm³/mol. The van der Waals surface area contributed by atoms with Crippen molar-refractivity contribution in [3.05, 3.63) is 0 Å². The Kier molecular flexibility index (Phi) is 3.58. The molecule has 2 atom stereocenters. The van der Waals surface area contributed by atoms with E-state index in [2.05, 4.69) is 5.32 Å². The summed E-state index contributed by atoms with van der Waals surface area (Å²) < 4.78 is 5.69. The van der Waals surface area contributed by atoms with Crippen LogP contribution in [0.2, 0.25) is 0 Å². The molecule has 0 aromatic carbocycles. The fourth-order valence-corrected chi connectivity index (χ4v) is 3.83. The van der Waals surface area contributed by atoms with Crippen molar-refractivity contribution in [2.45, 2.75) is 62.6 Å². The first-order valence-electron chi connectivity index (χ1n) is 7.56. The van der Waals surface area contributed by atoms with E-state index in [1.165, 1.54) is 0 Å². The molecule has 0 spiro atoms. The molecule has 20 heavy (non-hydrogen) atoms. The van der Waals surface area contributed by atoms with Crippen LogP contribution in [0.25, 0.3) is 0 Å². The molecule has 2 unspecified atom stereocenters. The second-order valence-electron chi connectivity index (χ2n) is 6.13. The summed E-state index contributed by atoms with van der Waals surface area (Å²) in [5, 5.41) is 12.2. The second kappa shape index (κ2) is 5.24. The Morgan fingerprint density at radius 2 is 1.95 bits per heavy atom. The van der Waals surface area contributed by atoms with Gasteiger partial charge in [-0.1, -0.05) is 12.8 Å². The van der Waals surface area contributed by atoms with Gasteiger partial charge in [-0.15, -0.1) is 0 Å². The summed E-state index contributed by atoms with van der Waals surface area (Å²) in [5.41, 5.74) is -1.05. The lowest BCUT2D eigenvalue weighted by molar-refractivity contribution is -0.144. The number of carboxylic acid groups (broad SMARTS) is 1. The Labute approximate surface area is 118 Å². The third-order valence-corrected chi connectivity index (χ3v) is 4.96. The number of nitrogens with zero attached hydrogens (tertiary/aromatic N) is 1. The normalized spacial score (nSPS) is 31.9. The van der Waals surface area contributed by atoms with Gasteiger partial charge < -0.3 is 20.1 Å². The first kappa shape index (κ1) is 13.7. The van der Waals surface area contributed by atoms with Crippen molar-refractivity contribution in [2.75, 3.05) is 13.2 Å². The Morgan fingerprint density at radius 1 is 1.20 bits per heavy atom. The smallest absolute Gasteiger partial charge is 0.329 e. The minimum atomic E-state index is -1.05. The van der Waals surface area contributed by atoms with E-state index in [-0.39, 0.29) is 18.2 Å². The van der Waals surface area contributed by atoms with Crippen LogP contribution in [0.4, 0.5) is 4.79 Å². The van der Waals surface area contributed by atoms with E-state index in [4.69, 9.17) is 4.74 Å². The number of urea groups is 1. The maximum absolute atomic E-state index is 12.5. The number of hydrogen-bond acceptors (Lipinski definition) is 3. The summed E-state index contributed by atoms with van der Waals surface area (Å²) in [6.07, 6.45) is 5.96. The number of carboxylic acids is 1. The molecule has 0 radical (unpaired) electrons. The fraction of sp³-hybridized carbons (Fsp3) is 0.857. The van der Waals surface area contributed by atoms with Crippen LogP contribution in [-0.2, 0) is 9.53 Å². The van der Waals surface area contributed by atoms with Crippen LogP contribution in [0.15, 0.2) is 0 Å². The molecule has 0 bridgehead atoms. The van der Waals surface area contributed by atoms with Crippen molar-refractivity contribution in [1.82, 2.24) is 10.2 Å². The van der Waals surface area contributed by atoms with E-state index < -0.39 is 11.5 Å². The van der Waals surface area contributed by atoms with Gasteiger partial charge in [0.15, 0.2) is 0 Å². The SMILES string of the molecule is O=C(NC1(C(=O)O)CCCC1)N1CCOC2CCCC21. The van der Waals surface area contributed by atoms with Crippen molar-refractivity contribution < 1.29 is 19.4 Å².